The summed E-state index contributed by atoms with van der Waals surface area (Å²) in [5.74, 6) is 0.135. The van der Waals surface area contributed by atoms with Gasteiger partial charge < -0.3 is 0 Å². The molecule has 0 aliphatic carbocycles. The number of nitro groups is 1. The fourth-order valence-electron chi connectivity index (χ4n) is 2.67. The van der Waals surface area contributed by atoms with E-state index in [0.717, 1.165) is 5.56 Å². The van der Waals surface area contributed by atoms with Crippen molar-refractivity contribution in [2.24, 2.45) is 0 Å². The fraction of sp³-hybridized carbons (Fsp3) is 0.211. The predicted octanol–water partition coefficient (Wildman–Crippen LogP) is 3.31. The van der Waals surface area contributed by atoms with Gasteiger partial charge in [0, 0.05) is 17.7 Å². The lowest BCUT2D eigenvalue weighted by Crippen LogP contribution is -2.24. The van der Waals surface area contributed by atoms with E-state index in [1.807, 2.05) is 12.1 Å². The maximum atomic E-state index is 12.6. The van der Waals surface area contributed by atoms with Crippen LogP contribution in [0.2, 0.25) is 0 Å². The first-order valence-corrected chi connectivity index (χ1v) is 8.13. The third kappa shape index (κ3) is 3.37. The van der Waals surface area contributed by atoms with Crippen LogP contribution in [0.25, 0.3) is 10.9 Å². The zero-order chi connectivity index (χ0) is 18.8. The monoisotopic (exact) mass is 351 g/mol. The van der Waals surface area contributed by atoms with Gasteiger partial charge in [0.15, 0.2) is 5.78 Å². The highest BCUT2D eigenvalue weighted by Crippen LogP contribution is 2.17. The zero-order valence-corrected chi connectivity index (χ0v) is 14.4. The van der Waals surface area contributed by atoms with Crippen LogP contribution in [-0.4, -0.2) is 20.3 Å². The number of hydrogen-bond acceptors (Lipinski definition) is 5. The predicted molar refractivity (Wildman–Crippen MR) is 97.5 cm³/mol. The van der Waals surface area contributed by atoms with Gasteiger partial charge in [0.05, 0.1) is 28.7 Å². The molecule has 0 unspecified atom stereocenters. The Hall–Kier alpha value is -3.35. The summed E-state index contributed by atoms with van der Waals surface area (Å²) < 4.78 is 1.17. The molecule has 0 saturated heterocycles. The van der Waals surface area contributed by atoms with Crippen LogP contribution < -0.4 is 5.56 Å². The van der Waals surface area contributed by atoms with E-state index in [1.54, 1.807) is 12.1 Å². The molecule has 7 nitrogen and oxygen atoms in total. The summed E-state index contributed by atoms with van der Waals surface area (Å²) in [5.41, 5.74) is 1.31. The molecule has 1 heterocycles. The van der Waals surface area contributed by atoms with Crippen molar-refractivity contribution in [3.8, 4) is 0 Å². The second-order valence-electron chi connectivity index (χ2n) is 6.34. The molecule has 3 aromatic rings. The molecule has 0 radical (unpaired) electrons. The maximum Gasteiger partial charge on any atom is 0.270 e. The Balaban J connectivity index is 1.92. The molecule has 26 heavy (non-hydrogen) atoms. The summed E-state index contributed by atoms with van der Waals surface area (Å²) >= 11 is 0. The van der Waals surface area contributed by atoms with Crippen molar-refractivity contribution in [2.45, 2.75) is 26.3 Å². The van der Waals surface area contributed by atoms with Crippen molar-refractivity contribution >= 4 is 22.4 Å². The average Bonchev–Trinajstić information content (AvgIpc) is 2.63. The molecule has 7 heteroatoms. The normalized spacial score (nSPS) is 11.0. The Morgan fingerprint density at radius 2 is 1.88 bits per heavy atom. The molecular weight excluding hydrogens is 334 g/mol. The minimum absolute atomic E-state index is 0.115. The van der Waals surface area contributed by atoms with Crippen LogP contribution in [0.4, 0.5) is 5.69 Å². The molecule has 2 aromatic carbocycles. The molecule has 0 amide bonds. The van der Waals surface area contributed by atoms with Crippen LogP contribution in [-0.2, 0) is 6.54 Å². The Bertz CT molecular complexity index is 1050. The maximum absolute atomic E-state index is 12.6. The number of ketones is 1. The van der Waals surface area contributed by atoms with Crippen LogP contribution in [0.1, 0.15) is 35.7 Å². The van der Waals surface area contributed by atoms with Crippen molar-refractivity contribution in [2.75, 3.05) is 0 Å². The topological polar surface area (TPSA) is 95.1 Å². The Morgan fingerprint density at radius 3 is 2.50 bits per heavy atom. The number of Topliss-reactive ketones (excluding diaryl/α,β-unsaturated/α-hetero) is 1. The third-order valence-electron chi connectivity index (χ3n) is 4.23. The van der Waals surface area contributed by atoms with Crippen molar-refractivity contribution in [1.82, 2.24) is 9.55 Å². The Labute approximate surface area is 149 Å². The molecule has 1 aromatic heterocycles. The van der Waals surface area contributed by atoms with Gasteiger partial charge in [-0.05, 0) is 17.5 Å². The van der Waals surface area contributed by atoms with E-state index < -0.39 is 10.5 Å². The average molecular weight is 351 g/mol. The van der Waals surface area contributed by atoms with Crippen LogP contribution in [0.5, 0.6) is 0 Å². The minimum Gasteiger partial charge on any atom is -0.292 e. The Morgan fingerprint density at radius 1 is 1.19 bits per heavy atom. The Kier molecular flexibility index (Phi) is 4.62. The summed E-state index contributed by atoms with van der Waals surface area (Å²) in [6, 6.07) is 11.2. The quantitative estimate of drug-likeness (QED) is 0.399. The van der Waals surface area contributed by atoms with E-state index in [4.69, 9.17) is 0 Å². The van der Waals surface area contributed by atoms with Gasteiger partial charge in [0.2, 0.25) is 0 Å². The van der Waals surface area contributed by atoms with Gasteiger partial charge in [-0.25, -0.2) is 4.98 Å². The second kappa shape index (κ2) is 6.87. The highest BCUT2D eigenvalue weighted by atomic mass is 16.6. The minimum atomic E-state index is -0.572. The van der Waals surface area contributed by atoms with Crippen LogP contribution in [0.3, 0.4) is 0 Å². The van der Waals surface area contributed by atoms with Gasteiger partial charge in [0.1, 0.15) is 0 Å². The van der Waals surface area contributed by atoms with Crippen LogP contribution >= 0.6 is 0 Å². The van der Waals surface area contributed by atoms with Gasteiger partial charge in [-0.15, -0.1) is 0 Å². The van der Waals surface area contributed by atoms with Gasteiger partial charge in [-0.3, -0.25) is 24.3 Å². The number of carbonyl (C=O) groups is 1. The standard InChI is InChI=1S/C19H17N3O4/c1-12(2)13-3-5-14(6-4-13)18(23)10-21-11-20-17-8-7-15(22(25)26)9-16(17)19(21)24/h3-9,11-12H,10H2,1-2H3. The van der Waals surface area contributed by atoms with Crippen molar-refractivity contribution < 1.29 is 9.72 Å². The third-order valence-corrected chi connectivity index (χ3v) is 4.23. The first-order valence-electron chi connectivity index (χ1n) is 8.13. The van der Waals surface area contributed by atoms with Crippen LogP contribution in [0.15, 0.2) is 53.6 Å². The SMILES string of the molecule is CC(C)c1ccc(C(=O)Cn2cnc3ccc([N+](=O)[O-])cc3c2=O)cc1. The molecule has 0 spiro atoms. The molecule has 3 rings (SSSR count). The van der Waals surface area contributed by atoms with Crippen molar-refractivity contribution in [3.63, 3.8) is 0 Å². The lowest BCUT2D eigenvalue weighted by atomic mass is 10.0. The smallest absolute Gasteiger partial charge is 0.270 e. The molecule has 0 atom stereocenters. The lowest BCUT2D eigenvalue weighted by Gasteiger charge is -2.08. The van der Waals surface area contributed by atoms with Crippen molar-refractivity contribution in [3.05, 3.63) is 80.4 Å². The number of nitro benzene ring substituents is 1. The highest BCUT2D eigenvalue weighted by molar-refractivity contribution is 5.96. The lowest BCUT2D eigenvalue weighted by molar-refractivity contribution is -0.384. The summed E-state index contributed by atoms with van der Waals surface area (Å²) in [6.07, 6.45) is 1.29. The molecule has 132 valence electrons. The van der Waals surface area contributed by atoms with Crippen molar-refractivity contribution in [1.29, 1.82) is 0 Å². The molecular formula is C19H17N3O4. The molecule has 0 aliphatic heterocycles. The largest absolute Gasteiger partial charge is 0.292 e. The van der Waals surface area contributed by atoms with E-state index in [0.29, 0.717) is 17.0 Å². The second-order valence-corrected chi connectivity index (χ2v) is 6.34. The van der Waals surface area contributed by atoms with Gasteiger partial charge >= 0.3 is 0 Å². The number of non-ortho nitro benzene ring substituents is 1. The number of fused-ring (bicyclic) bond motifs is 1. The van der Waals surface area contributed by atoms with Crippen LogP contribution in [0, 0.1) is 10.1 Å². The van der Waals surface area contributed by atoms with E-state index >= 15 is 0 Å². The number of rotatable bonds is 5. The first kappa shape index (κ1) is 17.5. The number of benzene rings is 2. The molecule has 0 bridgehead atoms. The van der Waals surface area contributed by atoms with Gasteiger partial charge in [-0.1, -0.05) is 38.1 Å². The number of aromatic nitrogens is 2. The summed E-state index contributed by atoms with van der Waals surface area (Å²) in [7, 11) is 0. The van der Waals surface area contributed by atoms with E-state index in [2.05, 4.69) is 18.8 Å². The molecule has 0 fully saturated rings. The number of carbonyl (C=O) groups excluding carboxylic acids is 1. The number of hydrogen-bond donors (Lipinski definition) is 0. The van der Waals surface area contributed by atoms with Gasteiger partial charge in [0.25, 0.3) is 11.2 Å². The number of nitrogens with zero attached hydrogens (tertiary/aromatic N) is 3. The summed E-state index contributed by atoms with van der Waals surface area (Å²) in [5, 5.41) is 11.0. The summed E-state index contributed by atoms with van der Waals surface area (Å²) in [4.78, 5) is 39.5. The fourth-order valence-corrected chi connectivity index (χ4v) is 2.67. The molecule has 0 saturated carbocycles. The van der Waals surface area contributed by atoms with Gasteiger partial charge in [-0.2, -0.15) is 0 Å². The first-order chi connectivity index (χ1) is 12.4. The van der Waals surface area contributed by atoms with E-state index in [9.17, 15) is 19.7 Å². The highest BCUT2D eigenvalue weighted by Gasteiger charge is 2.13. The summed E-state index contributed by atoms with van der Waals surface area (Å²) in [6.45, 7) is 3.96. The molecule has 0 N–H and O–H groups in total. The zero-order valence-electron chi connectivity index (χ0n) is 14.4. The van der Waals surface area contributed by atoms with E-state index in [-0.39, 0.29) is 23.4 Å². The molecule has 0 aliphatic rings. The van der Waals surface area contributed by atoms with E-state index in [1.165, 1.54) is 29.1 Å².